The maximum atomic E-state index is 12.1. The summed E-state index contributed by atoms with van der Waals surface area (Å²) in [6.45, 7) is 7.34. The first-order valence-corrected chi connectivity index (χ1v) is 6.42. The van der Waals surface area contributed by atoms with Crippen molar-refractivity contribution in [1.29, 1.82) is 0 Å². The van der Waals surface area contributed by atoms with Gasteiger partial charge in [0.1, 0.15) is 5.76 Å². The van der Waals surface area contributed by atoms with Crippen LogP contribution < -0.4 is 0 Å². The summed E-state index contributed by atoms with van der Waals surface area (Å²) in [4.78, 5) is 0. The van der Waals surface area contributed by atoms with E-state index in [1.807, 2.05) is 27.7 Å². The average Bonchev–Trinajstić information content (AvgIpc) is 2.15. The zero-order chi connectivity index (χ0) is 13.7. The van der Waals surface area contributed by atoms with E-state index in [1.165, 1.54) is 6.08 Å². The van der Waals surface area contributed by atoms with Gasteiger partial charge in [-0.2, -0.15) is 21.6 Å². The van der Waals surface area contributed by atoms with E-state index in [0.717, 1.165) is 0 Å². The molecule has 0 radical (unpaired) electrons. The molecule has 0 aliphatic heterocycles. The van der Waals surface area contributed by atoms with Gasteiger partial charge in [0.25, 0.3) is 0 Å². The van der Waals surface area contributed by atoms with Gasteiger partial charge in [0.15, 0.2) is 0 Å². The van der Waals surface area contributed by atoms with Crippen LogP contribution in [0.15, 0.2) is 11.8 Å². The molecule has 0 bridgehead atoms. The molecule has 0 atom stereocenters. The Morgan fingerprint density at radius 1 is 1.24 bits per heavy atom. The van der Waals surface area contributed by atoms with Crippen molar-refractivity contribution in [2.45, 2.75) is 39.6 Å². The van der Waals surface area contributed by atoms with Crippen LogP contribution in [0.3, 0.4) is 0 Å². The Bertz CT molecular complexity index is 444. The van der Waals surface area contributed by atoms with Crippen LogP contribution in [0.5, 0.6) is 0 Å². The molecular weight excluding hydrogens is 257 g/mol. The zero-order valence-corrected chi connectivity index (χ0v) is 10.9. The van der Waals surface area contributed by atoms with Crippen LogP contribution in [0.1, 0.15) is 34.1 Å². The van der Waals surface area contributed by atoms with Crippen LogP contribution >= 0.6 is 0 Å². The Morgan fingerprint density at radius 2 is 1.71 bits per heavy atom. The van der Waals surface area contributed by atoms with Crippen molar-refractivity contribution in [2.24, 2.45) is 10.8 Å². The number of rotatable bonds is 2. The fourth-order valence-electron chi connectivity index (χ4n) is 1.55. The highest BCUT2D eigenvalue weighted by atomic mass is 32.2. The number of halogens is 3. The standard InChI is InChI=1S/C10H15F3O3S/c1-8(2)5-7(6-9(8,3)4)16-17(14,15)10(11,12)13/h5H,6H2,1-4H3. The Morgan fingerprint density at radius 3 is 2.00 bits per heavy atom. The largest absolute Gasteiger partial charge is 0.534 e. The molecule has 100 valence electrons. The molecule has 0 saturated carbocycles. The third-order valence-corrected chi connectivity index (χ3v) is 4.38. The van der Waals surface area contributed by atoms with E-state index in [9.17, 15) is 21.6 Å². The van der Waals surface area contributed by atoms with E-state index >= 15 is 0 Å². The van der Waals surface area contributed by atoms with Gasteiger partial charge in [-0.15, -0.1) is 0 Å². The quantitative estimate of drug-likeness (QED) is 0.572. The molecule has 17 heavy (non-hydrogen) atoms. The topological polar surface area (TPSA) is 43.4 Å². The van der Waals surface area contributed by atoms with Gasteiger partial charge in [-0.25, -0.2) is 0 Å². The van der Waals surface area contributed by atoms with Gasteiger partial charge in [-0.3, -0.25) is 0 Å². The normalized spacial score (nSPS) is 23.4. The molecule has 0 heterocycles. The monoisotopic (exact) mass is 272 g/mol. The lowest BCUT2D eigenvalue weighted by atomic mass is 9.71. The molecule has 0 fully saturated rings. The van der Waals surface area contributed by atoms with Crippen LogP contribution in [0, 0.1) is 10.8 Å². The number of alkyl halides is 3. The minimum absolute atomic E-state index is 0.141. The van der Waals surface area contributed by atoms with Crippen LogP contribution in [0.25, 0.3) is 0 Å². The second-order valence-corrected chi connectivity index (χ2v) is 6.91. The number of hydrogen-bond acceptors (Lipinski definition) is 3. The first kappa shape index (κ1) is 14.3. The number of hydrogen-bond donors (Lipinski definition) is 0. The fourth-order valence-corrected chi connectivity index (χ4v) is 2.04. The molecule has 1 rings (SSSR count). The minimum atomic E-state index is -5.55. The molecule has 1 aliphatic rings. The summed E-state index contributed by atoms with van der Waals surface area (Å²) >= 11 is 0. The predicted molar refractivity (Wildman–Crippen MR) is 56.3 cm³/mol. The maximum Gasteiger partial charge on any atom is 0.534 e. The van der Waals surface area contributed by atoms with Gasteiger partial charge in [0.2, 0.25) is 0 Å². The zero-order valence-electron chi connectivity index (χ0n) is 10.1. The molecule has 0 N–H and O–H groups in total. The molecule has 0 amide bonds. The van der Waals surface area contributed by atoms with E-state index in [2.05, 4.69) is 4.18 Å². The van der Waals surface area contributed by atoms with Gasteiger partial charge in [-0.1, -0.05) is 27.7 Å². The lowest BCUT2D eigenvalue weighted by Gasteiger charge is -2.33. The van der Waals surface area contributed by atoms with Crippen molar-refractivity contribution in [1.82, 2.24) is 0 Å². The lowest BCUT2D eigenvalue weighted by molar-refractivity contribution is -0.0524. The average molecular weight is 272 g/mol. The molecule has 0 unspecified atom stereocenters. The summed E-state index contributed by atoms with van der Waals surface area (Å²) in [5.41, 5.74) is -6.14. The Balaban J connectivity index is 2.96. The summed E-state index contributed by atoms with van der Waals surface area (Å²) < 4.78 is 62.2. The van der Waals surface area contributed by atoms with Crippen molar-refractivity contribution in [2.75, 3.05) is 0 Å². The van der Waals surface area contributed by atoms with Crippen LogP contribution in [0.4, 0.5) is 13.2 Å². The lowest BCUT2D eigenvalue weighted by Crippen LogP contribution is -2.27. The van der Waals surface area contributed by atoms with Gasteiger partial charge in [0.05, 0.1) is 0 Å². The molecule has 0 aromatic rings. The third kappa shape index (κ3) is 2.59. The second kappa shape index (κ2) is 3.63. The Hall–Kier alpha value is -0.720. The first-order chi connectivity index (χ1) is 7.29. The molecule has 0 aromatic carbocycles. The van der Waals surface area contributed by atoms with Crippen molar-refractivity contribution in [3.05, 3.63) is 11.8 Å². The Kier molecular flexibility index (Phi) is 3.07. The summed E-state index contributed by atoms with van der Waals surface area (Å²) in [6.07, 6.45) is 1.60. The molecule has 3 nitrogen and oxygen atoms in total. The van der Waals surface area contributed by atoms with E-state index in [1.54, 1.807) is 0 Å². The first-order valence-electron chi connectivity index (χ1n) is 5.01. The van der Waals surface area contributed by atoms with Crippen LogP contribution in [-0.4, -0.2) is 13.9 Å². The summed E-state index contributed by atoms with van der Waals surface area (Å²) in [5.74, 6) is -0.141. The highest BCUT2D eigenvalue weighted by Crippen LogP contribution is 2.51. The Labute approximate surface area is 98.8 Å². The van der Waals surface area contributed by atoms with Gasteiger partial charge in [-0.05, 0) is 16.9 Å². The second-order valence-electron chi connectivity index (χ2n) is 5.38. The maximum absolute atomic E-state index is 12.1. The number of allylic oxidation sites excluding steroid dienone is 2. The highest BCUT2D eigenvalue weighted by Gasteiger charge is 2.51. The third-order valence-electron chi connectivity index (χ3n) is 3.38. The van der Waals surface area contributed by atoms with Crippen molar-refractivity contribution < 1.29 is 25.8 Å². The minimum Gasteiger partial charge on any atom is -0.381 e. The van der Waals surface area contributed by atoms with Crippen molar-refractivity contribution >= 4 is 10.1 Å². The predicted octanol–water partition coefficient (Wildman–Crippen LogP) is 3.19. The van der Waals surface area contributed by atoms with E-state index in [4.69, 9.17) is 0 Å². The summed E-state index contributed by atoms with van der Waals surface area (Å²) in [5, 5.41) is 0. The fraction of sp³-hybridized carbons (Fsp3) is 0.800. The SMILES string of the molecule is CC1(C)C=C(OS(=O)(=O)C(F)(F)F)CC1(C)C. The van der Waals surface area contributed by atoms with Gasteiger partial charge >= 0.3 is 15.6 Å². The van der Waals surface area contributed by atoms with Crippen LogP contribution in [0.2, 0.25) is 0 Å². The highest BCUT2D eigenvalue weighted by molar-refractivity contribution is 7.87. The van der Waals surface area contributed by atoms with Crippen molar-refractivity contribution in [3.63, 3.8) is 0 Å². The smallest absolute Gasteiger partial charge is 0.381 e. The molecule has 0 aromatic heterocycles. The van der Waals surface area contributed by atoms with E-state index in [-0.39, 0.29) is 17.6 Å². The molecule has 0 saturated heterocycles. The van der Waals surface area contributed by atoms with E-state index < -0.39 is 21.0 Å². The molecular formula is C10H15F3O3S. The van der Waals surface area contributed by atoms with E-state index in [0.29, 0.717) is 0 Å². The summed E-state index contributed by atoms with van der Waals surface area (Å²) in [7, 11) is -5.55. The van der Waals surface area contributed by atoms with Crippen molar-refractivity contribution in [3.8, 4) is 0 Å². The van der Waals surface area contributed by atoms with Gasteiger partial charge < -0.3 is 4.18 Å². The van der Waals surface area contributed by atoms with Crippen LogP contribution in [-0.2, 0) is 14.3 Å². The molecule has 1 aliphatic carbocycles. The molecule has 0 spiro atoms. The summed E-state index contributed by atoms with van der Waals surface area (Å²) in [6, 6.07) is 0. The van der Waals surface area contributed by atoms with Gasteiger partial charge in [0, 0.05) is 6.42 Å². The molecule has 7 heteroatoms.